The smallest absolute Gasteiger partial charge is 0.255 e. The number of aryl methyl sites for hydroxylation is 1. The number of hydrogen-bond acceptors (Lipinski definition) is 4. The minimum absolute atomic E-state index is 0.222. The van der Waals surface area contributed by atoms with Gasteiger partial charge in [-0.05, 0) is 49.4 Å². The zero-order valence-corrected chi connectivity index (χ0v) is 17.3. The molecule has 2 aromatic carbocycles. The molecule has 0 atom stereocenters. The lowest BCUT2D eigenvalue weighted by atomic mass is 10.2. The summed E-state index contributed by atoms with van der Waals surface area (Å²) in [6.07, 6.45) is 6.30. The molecule has 1 aliphatic rings. The number of allylic oxidation sites excluding steroid dienone is 1. The number of nitrogens with zero attached hydrogens (tertiary/aromatic N) is 2. The maximum Gasteiger partial charge on any atom is 0.255 e. The quantitative estimate of drug-likeness (QED) is 0.664. The number of para-hydroxylation sites is 1. The van der Waals surface area contributed by atoms with Crippen LogP contribution in [0.4, 0.5) is 5.69 Å². The van der Waals surface area contributed by atoms with Gasteiger partial charge >= 0.3 is 0 Å². The summed E-state index contributed by atoms with van der Waals surface area (Å²) in [5, 5.41) is 2.89. The van der Waals surface area contributed by atoms with Crippen molar-refractivity contribution < 1.29 is 14.3 Å². The van der Waals surface area contributed by atoms with Crippen molar-refractivity contribution in [2.24, 2.45) is 12.8 Å². The molecule has 4 rings (SSSR count). The molecule has 0 unspecified atom stereocenters. The normalized spacial score (nSPS) is 12.5. The first-order chi connectivity index (χ1) is 14.9. The van der Waals surface area contributed by atoms with E-state index in [1.54, 1.807) is 54.6 Å². The van der Waals surface area contributed by atoms with Crippen LogP contribution in [0.3, 0.4) is 0 Å². The lowest BCUT2D eigenvalue weighted by molar-refractivity contribution is -0.112. The van der Waals surface area contributed by atoms with E-state index in [0.717, 1.165) is 23.6 Å². The third kappa shape index (κ3) is 4.25. The number of nitrogens with two attached hydrogens (primary N) is 1. The Bertz CT molecular complexity index is 1220. The Morgan fingerprint density at radius 1 is 1.13 bits per heavy atom. The number of carbonyl (C=O) groups is 2. The first-order valence-corrected chi connectivity index (χ1v) is 9.81. The van der Waals surface area contributed by atoms with Gasteiger partial charge in [0.05, 0.1) is 11.3 Å². The van der Waals surface area contributed by atoms with Gasteiger partial charge in [-0.15, -0.1) is 0 Å². The van der Waals surface area contributed by atoms with E-state index < -0.39 is 5.91 Å². The number of imidazole rings is 1. The van der Waals surface area contributed by atoms with Crippen molar-refractivity contribution in [3.05, 3.63) is 89.0 Å². The molecule has 0 radical (unpaired) electrons. The van der Waals surface area contributed by atoms with Crippen LogP contribution in [0.1, 0.15) is 27.6 Å². The largest absolute Gasteiger partial charge is 0.457 e. The van der Waals surface area contributed by atoms with E-state index in [1.807, 2.05) is 30.7 Å². The fraction of sp³-hybridized carbons (Fsp3) is 0.125. The minimum Gasteiger partial charge on any atom is -0.457 e. The summed E-state index contributed by atoms with van der Waals surface area (Å²) < 4.78 is 7.80. The highest BCUT2D eigenvalue weighted by Gasteiger charge is 2.16. The Hall–Kier alpha value is -4.13. The monoisotopic (exact) mass is 414 g/mol. The highest BCUT2D eigenvalue weighted by molar-refractivity contribution is 6.09. The molecular weight excluding hydrogens is 392 g/mol. The molecule has 0 saturated carbocycles. The standard InChI is InChI=1S/C24H22N4O3/c1-15-26-20-14-16(6-5-8-21(20)28(15)2)24(30)27-17-10-12-18(13-11-17)31-22-9-4-3-7-19(22)23(25)29/h3-7,9-14H,8H2,1-2H3,(H2,25,29)(H,27,30). The summed E-state index contributed by atoms with van der Waals surface area (Å²) in [7, 11) is 1.97. The van der Waals surface area contributed by atoms with Gasteiger partial charge in [0.15, 0.2) is 0 Å². The number of rotatable bonds is 5. The summed E-state index contributed by atoms with van der Waals surface area (Å²) in [5.41, 5.74) is 8.73. The molecule has 0 fully saturated rings. The van der Waals surface area contributed by atoms with E-state index in [-0.39, 0.29) is 5.91 Å². The number of primary amides is 1. The minimum atomic E-state index is -0.560. The number of amides is 2. The van der Waals surface area contributed by atoms with Gasteiger partial charge in [-0.1, -0.05) is 24.3 Å². The lowest BCUT2D eigenvalue weighted by Crippen LogP contribution is -2.13. The first kappa shape index (κ1) is 20.2. The molecule has 3 N–H and O–H groups in total. The number of fused-ring (bicyclic) bond motifs is 1. The molecule has 0 aliphatic heterocycles. The zero-order valence-electron chi connectivity index (χ0n) is 17.3. The predicted molar refractivity (Wildman–Crippen MR) is 119 cm³/mol. The number of carbonyl (C=O) groups excluding carboxylic acids is 2. The van der Waals surface area contributed by atoms with Gasteiger partial charge in [-0.2, -0.15) is 0 Å². The van der Waals surface area contributed by atoms with Gasteiger partial charge in [-0.3, -0.25) is 9.59 Å². The molecule has 31 heavy (non-hydrogen) atoms. The molecule has 1 aromatic heterocycles. The number of aromatic nitrogens is 2. The Labute approximate surface area is 179 Å². The number of nitrogens with one attached hydrogen (secondary N) is 1. The number of anilines is 1. The topological polar surface area (TPSA) is 99.2 Å². The SMILES string of the molecule is Cc1nc2c(n1C)CC=CC(C(=O)Nc1ccc(Oc3ccccc3C(N)=O)cc1)=C2. The zero-order chi connectivity index (χ0) is 22.0. The van der Waals surface area contributed by atoms with Gasteiger partial charge in [0, 0.05) is 30.4 Å². The van der Waals surface area contributed by atoms with Gasteiger partial charge in [0.25, 0.3) is 11.8 Å². The van der Waals surface area contributed by atoms with Crippen molar-refractivity contribution in [3.8, 4) is 11.5 Å². The van der Waals surface area contributed by atoms with Crippen LogP contribution < -0.4 is 15.8 Å². The summed E-state index contributed by atoms with van der Waals surface area (Å²) in [6.45, 7) is 1.94. The molecule has 1 aliphatic carbocycles. The average molecular weight is 414 g/mol. The second-order valence-corrected chi connectivity index (χ2v) is 7.20. The Kier molecular flexibility index (Phi) is 5.41. The Balaban J connectivity index is 1.48. The fourth-order valence-electron chi connectivity index (χ4n) is 3.37. The van der Waals surface area contributed by atoms with E-state index >= 15 is 0 Å². The van der Waals surface area contributed by atoms with Crippen LogP contribution in [0.25, 0.3) is 6.08 Å². The molecule has 2 amide bonds. The summed E-state index contributed by atoms with van der Waals surface area (Å²) in [4.78, 5) is 28.8. The van der Waals surface area contributed by atoms with Crippen molar-refractivity contribution in [1.29, 1.82) is 0 Å². The molecule has 7 nitrogen and oxygen atoms in total. The Morgan fingerprint density at radius 3 is 2.61 bits per heavy atom. The molecule has 3 aromatic rings. The highest BCUT2D eigenvalue weighted by Crippen LogP contribution is 2.26. The van der Waals surface area contributed by atoms with Gasteiger partial charge in [0.1, 0.15) is 17.3 Å². The van der Waals surface area contributed by atoms with Crippen LogP contribution in [-0.4, -0.2) is 21.4 Å². The maximum absolute atomic E-state index is 12.8. The van der Waals surface area contributed by atoms with Crippen LogP contribution in [0.2, 0.25) is 0 Å². The number of hydrogen-bond donors (Lipinski definition) is 2. The third-order valence-corrected chi connectivity index (χ3v) is 5.12. The summed E-state index contributed by atoms with van der Waals surface area (Å²) >= 11 is 0. The van der Waals surface area contributed by atoms with E-state index in [0.29, 0.717) is 28.3 Å². The van der Waals surface area contributed by atoms with Crippen LogP contribution in [0.15, 0.2) is 66.3 Å². The highest BCUT2D eigenvalue weighted by atomic mass is 16.5. The van der Waals surface area contributed by atoms with E-state index in [9.17, 15) is 9.59 Å². The molecule has 0 saturated heterocycles. The Morgan fingerprint density at radius 2 is 1.87 bits per heavy atom. The van der Waals surface area contributed by atoms with E-state index in [1.165, 1.54) is 0 Å². The fourth-order valence-corrected chi connectivity index (χ4v) is 3.37. The van der Waals surface area contributed by atoms with Crippen LogP contribution in [0, 0.1) is 6.92 Å². The van der Waals surface area contributed by atoms with Crippen LogP contribution in [0.5, 0.6) is 11.5 Å². The van der Waals surface area contributed by atoms with Crippen molar-refractivity contribution in [3.63, 3.8) is 0 Å². The molecule has 0 spiro atoms. The predicted octanol–water partition coefficient (Wildman–Crippen LogP) is 3.75. The van der Waals surface area contributed by atoms with Crippen molar-refractivity contribution in [1.82, 2.24) is 9.55 Å². The van der Waals surface area contributed by atoms with E-state index in [4.69, 9.17) is 10.5 Å². The van der Waals surface area contributed by atoms with Crippen LogP contribution in [-0.2, 0) is 18.3 Å². The number of benzene rings is 2. The summed E-state index contributed by atoms with van der Waals surface area (Å²) in [5.74, 6) is 1.02. The van der Waals surface area contributed by atoms with Gasteiger partial charge in [-0.25, -0.2) is 4.98 Å². The van der Waals surface area contributed by atoms with Crippen molar-refractivity contribution in [2.45, 2.75) is 13.3 Å². The van der Waals surface area contributed by atoms with Crippen molar-refractivity contribution >= 4 is 23.6 Å². The second-order valence-electron chi connectivity index (χ2n) is 7.20. The third-order valence-electron chi connectivity index (χ3n) is 5.12. The molecule has 156 valence electrons. The first-order valence-electron chi connectivity index (χ1n) is 9.81. The molecule has 1 heterocycles. The second kappa shape index (κ2) is 8.31. The maximum atomic E-state index is 12.8. The van der Waals surface area contributed by atoms with Gasteiger partial charge < -0.3 is 20.4 Å². The van der Waals surface area contributed by atoms with Crippen molar-refractivity contribution in [2.75, 3.05) is 5.32 Å². The van der Waals surface area contributed by atoms with E-state index in [2.05, 4.69) is 10.3 Å². The molecule has 7 heteroatoms. The molecule has 0 bridgehead atoms. The summed E-state index contributed by atoms with van der Waals surface area (Å²) in [6, 6.07) is 13.7. The number of ether oxygens (including phenoxy) is 1. The average Bonchev–Trinajstić information content (AvgIpc) is 2.91. The molecular formula is C24H22N4O3. The lowest BCUT2D eigenvalue weighted by Gasteiger charge is -2.10. The van der Waals surface area contributed by atoms with Gasteiger partial charge in [0.2, 0.25) is 0 Å². The van der Waals surface area contributed by atoms with Crippen LogP contribution >= 0.6 is 0 Å².